The predicted molar refractivity (Wildman–Crippen MR) is 73.1 cm³/mol. The summed E-state index contributed by atoms with van der Waals surface area (Å²) >= 11 is 3.04. The number of thiazole rings is 1. The van der Waals surface area contributed by atoms with Gasteiger partial charge in [0.2, 0.25) is 0 Å². The average Bonchev–Trinajstić information content (AvgIpc) is 3.04. The maximum Gasteiger partial charge on any atom is 0.193 e. The van der Waals surface area contributed by atoms with Gasteiger partial charge in [0.1, 0.15) is 0 Å². The first-order valence-corrected chi connectivity index (χ1v) is 7.50. The topological polar surface area (TPSA) is 55.1 Å². The van der Waals surface area contributed by atoms with Crippen molar-refractivity contribution in [3.63, 3.8) is 0 Å². The summed E-state index contributed by atoms with van der Waals surface area (Å²) in [4.78, 5) is 5.64. The zero-order valence-electron chi connectivity index (χ0n) is 9.91. The van der Waals surface area contributed by atoms with Crippen LogP contribution in [0.3, 0.4) is 0 Å². The van der Waals surface area contributed by atoms with E-state index < -0.39 is 0 Å². The van der Waals surface area contributed by atoms with Crippen LogP contribution in [0.5, 0.6) is 0 Å². The Labute approximate surface area is 113 Å². The molecule has 0 saturated heterocycles. The molecule has 0 aliphatic carbocycles. The van der Waals surface area contributed by atoms with Gasteiger partial charge in [-0.25, -0.2) is 4.98 Å². The minimum absolute atomic E-state index is 0.193. The van der Waals surface area contributed by atoms with Gasteiger partial charge < -0.3 is 5.32 Å². The van der Waals surface area contributed by atoms with E-state index in [4.69, 9.17) is 0 Å². The van der Waals surface area contributed by atoms with Crippen molar-refractivity contribution in [3.8, 4) is 0 Å². The average molecular weight is 279 g/mol. The van der Waals surface area contributed by atoms with E-state index in [1.807, 2.05) is 17.0 Å². The van der Waals surface area contributed by atoms with E-state index in [2.05, 4.69) is 37.4 Å². The molecule has 3 heterocycles. The second kappa shape index (κ2) is 5.13. The quantitative estimate of drug-likeness (QED) is 0.777. The second-order valence-electron chi connectivity index (χ2n) is 3.97. The summed E-state index contributed by atoms with van der Waals surface area (Å²) < 4.78 is 5.99. The molecule has 94 valence electrons. The number of likely N-dealkylation sites (N-methyl/N-ethyl adjacent to an activating group) is 1. The summed E-state index contributed by atoms with van der Waals surface area (Å²) in [6.07, 6.45) is 4.95. The van der Waals surface area contributed by atoms with Gasteiger partial charge in [-0.2, -0.15) is 0 Å². The molecule has 1 N–H and O–H groups in total. The first-order chi connectivity index (χ1) is 8.86. The summed E-state index contributed by atoms with van der Waals surface area (Å²) in [6, 6.07) is 0.193. The highest BCUT2D eigenvalue weighted by molar-refractivity contribution is 7.15. The monoisotopic (exact) mass is 279 g/mol. The van der Waals surface area contributed by atoms with Gasteiger partial charge in [0.15, 0.2) is 4.96 Å². The van der Waals surface area contributed by atoms with Crippen molar-refractivity contribution in [2.45, 2.75) is 19.4 Å². The number of fused-ring (bicyclic) bond motifs is 1. The van der Waals surface area contributed by atoms with Crippen LogP contribution in [-0.4, -0.2) is 25.5 Å². The van der Waals surface area contributed by atoms with Crippen LogP contribution in [-0.2, 0) is 6.42 Å². The van der Waals surface area contributed by atoms with E-state index in [-0.39, 0.29) is 6.04 Å². The Balaban J connectivity index is 1.82. The van der Waals surface area contributed by atoms with Crippen molar-refractivity contribution >= 4 is 27.8 Å². The van der Waals surface area contributed by atoms with Crippen LogP contribution >= 0.6 is 22.9 Å². The van der Waals surface area contributed by atoms with Gasteiger partial charge in [-0.05, 0) is 18.1 Å². The fourth-order valence-electron chi connectivity index (χ4n) is 1.93. The van der Waals surface area contributed by atoms with Crippen molar-refractivity contribution in [2.24, 2.45) is 0 Å². The number of hydrogen-bond acceptors (Lipinski definition) is 6. The Hall–Kier alpha value is -1.31. The van der Waals surface area contributed by atoms with Crippen LogP contribution in [0.4, 0.5) is 0 Å². The van der Waals surface area contributed by atoms with E-state index in [0.717, 1.165) is 29.3 Å². The SMILES string of the molecule is CCNC(Cc1cn2ccsc2n1)c1csnn1. The minimum atomic E-state index is 0.193. The molecular weight excluding hydrogens is 266 g/mol. The highest BCUT2D eigenvalue weighted by Crippen LogP contribution is 2.19. The van der Waals surface area contributed by atoms with Crippen molar-refractivity contribution in [2.75, 3.05) is 6.54 Å². The van der Waals surface area contributed by atoms with Crippen LogP contribution < -0.4 is 5.32 Å². The zero-order chi connectivity index (χ0) is 12.4. The van der Waals surface area contributed by atoms with E-state index in [1.54, 1.807) is 11.3 Å². The van der Waals surface area contributed by atoms with Crippen molar-refractivity contribution in [3.05, 3.63) is 34.5 Å². The first-order valence-electron chi connectivity index (χ1n) is 5.78. The fraction of sp³-hybridized carbons (Fsp3) is 0.364. The van der Waals surface area contributed by atoms with Gasteiger partial charge in [0.25, 0.3) is 0 Å². The summed E-state index contributed by atoms with van der Waals surface area (Å²) in [5.41, 5.74) is 2.08. The largest absolute Gasteiger partial charge is 0.308 e. The summed E-state index contributed by atoms with van der Waals surface area (Å²) in [5, 5.41) is 11.6. The summed E-state index contributed by atoms with van der Waals surface area (Å²) in [5.74, 6) is 0. The number of aromatic nitrogens is 4. The fourth-order valence-corrected chi connectivity index (χ4v) is 3.16. The molecule has 0 amide bonds. The molecule has 0 aliphatic rings. The van der Waals surface area contributed by atoms with Crippen LogP contribution in [0.15, 0.2) is 23.2 Å². The van der Waals surface area contributed by atoms with Crippen molar-refractivity contribution in [1.29, 1.82) is 0 Å². The van der Waals surface area contributed by atoms with E-state index >= 15 is 0 Å². The number of imidazole rings is 1. The number of nitrogens with zero attached hydrogens (tertiary/aromatic N) is 4. The van der Waals surface area contributed by atoms with E-state index in [1.165, 1.54) is 11.5 Å². The molecule has 1 unspecified atom stereocenters. The van der Waals surface area contributed by atoms with Crippen LogP contribution in [0.1, 0.15) is 24.4 Å². The standard InChI is InChI=1S/C11H13N5S2/c1-2-12-9(10-7-18-15-14-10)5-8-6-16-3-4-17-11(16)13-8/h3-4,6-7,9,12H,2,5H2,1H3. The molecule has 3 rings (SSSR count). The highest BCUT2D eigenvalue weighted by Gasteiger charge is 2.16. The Morgan fingerprint density at radius 2 is 2.44 bits per heavy atom. The number of nitrogens with one attached hydrogen (secondary N) is 1. The maximum absolute atomic E-state index is 4.60. The number of hydrogen-bond donors (Lipinski definition) is 1. The Bertz CT molecular complexity index is 584. The van der Waals surface area contributed by atoms with Crippen LogP contribution in [0, 0.1) is 0 Å². The van der Waals surface area contributed by atoms with Crippen molar-refractivity contribution in [1.82, 2.24) is 24.3 Å². The first kappa shape index (κ1) is 11.8. The van der Waals surface area contributed by atoms with E-state index in [9.17, 15) is 0 Å². The van der Waals surface area contributed by atoms with Gasteiger partial charge in [0.05, 0.1) is 17.4 Å². The van der Waals surface area contributed by atoms with Gasteiger partial charge >= 0.3 is 0 Å². The molecule has 0 fully saturated rings. The molecule has 0 radical (unpaired) electrons. The molecule has 1 atom stereocenters. The van der Waals surface area contributed by atoms with Crippen LogP contribution in [0.25, 0.3) is 4.96 Å². The second-order valence-corrected chi connectivity index (χ2v) is 5.45. The van der Waals surface area contributed by atoms with Gasteiger partial charge in [-0.1, -0.05) is 11.4 Å². The smallest absolute Gasteiger partial charge is 0.193 e. The molecular formula is C11H13N5S2. The molecule has 18 heavy (non-hydrogen) atoms. The normalized spacial score (nSPS) is 13.2. The van der Waals surface area contributed by atoms with Crippen molar-refractivity contribution < 1.29 is 0 Å². The third kappa shape index (κ3) is 2.29. The predicted octanol–water partition coefficient (Wildman–Crippen LogP) is 2.14. The highest BCUT2D eigenvalue weighted by atomic mass is 32.1. The van der Waals surface area contributed by atoms with Gasteiger partial charge in [-0.3, -0.25) is 4.40 Å². The molecule has 0 aliphatic heterocycles. The number of rotatable bonds is 5. The molecule has 0 spiro atoms. The maximum atomic E-state index is 4.60. The Morgan fingerprint density at radius 1 is 1.50 bits per heavy atom. The third-order valence-electron chi connectivity index (χ3n) is 2.74. The van der Waals surface area contributed by atoms with Gasteiger partial charge in [-0.15, -0.1) is 16.4 Å². The lowest BCUT2D eigenvalue weighted by atomic mass is 10.1. The molecule has 5 nitrogen and oxygen atoms in total. The minimum Gasteiger partial charge on any atom is -0.308 e. The lowest BCUT2D eigenvalue weighted by Crippen LogP contribution is -2.23. The third-order valence-corrected chi connectivity index (χ3v) is 4.03. The molecule has 0 saturated carbocycles. The lowest BCUT2D eigenvalue weighted by Gasteiger charge is -2.13. The van der Waals surface area contributed by atoms with Crippen LogP contribution in [0.2, 0.25) is 0 Å². The zero-order valence-corrected chi connectivity index (χ0v) is 11.5. The summed E-state index contributed by atoms with van der Waals surface area (Å²) in [6.45, 7) is 3.00. The van der Waals surface area contributed by atoms with Gasteiger partial charge in [0, 0.05) is 29.6 Å². The Kier molecular flexibility index (Phi) is 3.35. The molecule has 3 aromatic rings. The molecule has 7 heteroatoms. The Morgan fingerprint density at radius 3 is 3.17 bits per heavy atom. The van der Waals surface area contributed by atoms with E-state index in [0.29, 0.717) is 0 Å². The lowest BCUT2D eigenvalue weighted by molar-refractivity contribution is 0.531. The molecule has 0 bridgehead atoms. The molecule has 3 aromatic heterocycles. The molecule has 0 aromatic carbocycles. The summed E-state index contributed by atoms with van der Waals surface area (Å²) in [7, 11) is 0.